The molecule has 2 aliphatic rings. The number of hydrogen-bond acceptors (Lipinski definition) is 5. The lowest BCUT2D eigenvalue weighted by molar-refractivity contribution is -0.128. The summed E-state index contributed by atoms with van der Waals surface area (Å²) >= 11 is 0. The molecule has 0 saturated carbocycles. The summed E-state index contributed by atoms with van der Waals surface area (Å²) in [5.41, 5.74) is 3.25. The van der Waals surface area contributed by atoms with Crippen molar-refractivity contribution in [2.45, 2.75) is 6.92 Å². The number of fused-ring (bicyclic) bond motifs is 2. The van der Waals surface area contributed by atoms with E-state index in [2.05, 4.69) is 6.58 Å². The van der Waals surface area contributed by atoms with Gasteiger partial charge in [0.15, 0.2) is 0 Å². The molecule has 0 spiro atoms. The molecular formula is C26H18O5. The fraction of sp³-hybridized carbons (Fsp3) is 0.0769. The van der Waals surface area contributed by atoms with Crippen LogP contribution < -0.4 is 24.6 Å². The summed E-state index contributed by atoms with van der Waals surface area (Å²) < 4.78 is 16.7. The summed E-state index contributed by atoms with van der Waals surface area (Å²) in [6.45, 7) is 5.97. The van der Waals surface area contributed by atoms with E-state index in [0.717, 1.165) is 16.9 Å². The second-order valence-electron chi connectivity index (χ2n) is 7.32. The van der Waals surface area contributed by atoms with Gasteiger partial charge in [0, 0.05) is 10.4 Å². The first-order valence-electron chi connectivity index (χ1n) is 9.84. The first kappa shape index (κ1) is 18.9. The van der Waals surface area contributed by atoms with Gasteiger partial charge < -0.3 is 14.2 Å². The second-order valence-corrected chi connectivity index (χ2v) is 7.32. The largest absolute Gasteiger partial charge is 0.489 e. The Morgan fingerprint density at radius 3 is 2.03 bits per heavy atom. The van der Waals surface area contributed by atoms with Gasteiger partial charge in [-0.2, -0.15) is 0 Å². The van der Waals surface area contributed by atoms with Crippen molar-refractivity contribution in [3.8, 4) is 17.2 Å². The number of benzene rings is 3. The standard InChI is InChI=1S/C26H18O5/c1-3-11-29-20-10-9-17(12-15(20)2)24-19-14-21-18(13-22(19)31-26(24)28)23(25(27)30-21)16-7-5-4-6-8-16/h3-10,12-14H,1,11H2,2H3. The predicted molar refractivity (Wildman–Crippen MR) is 115 cm³/mol. The number of aryl methyl sites for hydroxylation is 1. The van der Waals surface area contributed by atoms with E-state index < -0.39 is 11.9 Å². The van der Waals surface area contributed by atoms with Crippen LogP contribution in [0.5, 0.6) is 17.2 Å². The molecule has 0 N–H and O–H groups in total. The van der Waals surface area contributed by atoms with E-state index in [0.29, 0.717) is 45.3 Å². The maximum Gasteiger partial charge on any atom is 0.344 e. The molecule has 0 aliphatic carbocycles. The van der Waals surface area contributed by atoms with Gasteiger partial charge in [-0.1, -0.05) is 49.1 Å². The third-order valence-electron chi connectivity index (χ3n) is 5.32. The summed E-state index contributed by atoms with van der Waals surface area (Å²) in [4.78, 5) is 25.3. The molecule has 0 unspecified atom stereocenters. The van der Waals surface area contributed by atoms with E-state index in [4.69, 9.17) is 14.2 Å². The zero-order valence-electron chi connectivity index (χ0n) is 16.8. The first-order valence-corrected chi connectivity index (χ1v) is 9.84. The molecule has 0 radical (unpaired) electrons. The van der Waals surface area contributed by atoms with Crippen molar-refractivity contribution in [1.82, 2.24) is 0 Å². The highest BCUT2D eigenvalue weighted by atomic mass is 16.5. The molecule has 2 heterocycles. The highest BCUT2D eigenvalue weighted by molar-refractivity contribution is 6.21. The molecule has 3 aromatic carbocycles. The number of ether oxygens (including phenoxy) is 3. The molecule has 0 fully saturated rings. The molecule has 3 aromatic rings. The van der Waals surface area contributed by atoms with Gasteiger partial charge in [-0.15, -0.1) is 0 Å². The smallest absolute Gasteiger partial charge is 0.344 e. The molecule has 0 aromatic heterocycles. The molecule has 5 rings (SSSR count). The van der Waals surface area contributed by atoms with Crippen LogP contribution in [-0.4, -0.2) is 18.5 Å². The monoisotopic (exact) mass is 410 g/mol. The predicted octanol–water partition coefficient (Wildman–Crippen LogP) is 2.80. The lowest BCUT2D eigenvalue weighted by Crippen LogP contribution is -2.11. The van der Waals surface area contributed by atoms with E-state index in [1.54, 1.807) is 18.2 Å². The Kier molecular flexibility index (Phi) is 4.44. The van der Waals surface area contributed by atoms with Crippen molar-refractivity contribution in [2.24, 2.45) is 0 Å². The lowest BCUT2D eigenvalue weighted by Gasteiger charge is -2.09. The molecule has 152 valence electrons. The van der Waals surface area contributed by atoms with Gasteiger partial charge in [0.1, 0.15) is 23.9 Å². The van der Waals surface area contributed by atoms with Crippen LogP contribution in [0, 0.1) is 6.92 Å². The van der Waals surface area contributed by atoms with Crippen LogP contribution in [0.15, 0.2) is 73.3 Å². The normalized spacial score (nSPS) is 14.1. The first-order chi connectivity index (χ1) is 15.1. The minimum atomic E-state index is -0.439. The number of hydrogen-bond donors (Lipinski definition) is 0. The molecule has 0 amide bonds. The average Bonchev–Trinajstić information content (AvgIpc) is 3.25. The van der Waals surface area contributed by atoms with Crippen molar-refractivity contribution in [3.05, 3.63) is 100 Å². The molecule has 31 heavy (non-hydrogen) atoms. The van der Waals surface area contributed by atoms with Crippen LogP contribution in [0.2, 0.25) is 0 Å². The topological polar surface area (TPSA) is 61.8 Å². The Labute approximate surface area is 178 Å². The van der Waals surface area contributed by atoms with E-state index in [1.165, 1.54) is 0 Å². The third kappa shape index (κ3) is 3.11. The van der Waals surface area contributed by atoms with E-state index in [-0.39, 0.29) is 0 Å². The SMILES string of the molecule is C=CCOc1ccc(C2=c3cc4c(cc3OC2=O)=C(c2ccccc2)C(=O)O4)cc1C. The van der Waals surface area contributed by atoms with Crippen molar-refractivity contribution in [2.75, 3.05) is 6.61 Å². The zero-order valence-corrected chi connectivity index (χ0v) is 16.8. The lowest BCUT2D eigenvalue weighted by atomic mass is 10.00. The van der Waals surface area contributed by atoms with Gasteiger partial charge in [-0.05, 0) is 47.9 Å². The summed E-state index contributed by atoms with van der Waals surface area (Å²) in [6.07, 6.45) is 1.68. The van der Waals surface area contributed by atoms with Crippen LogP contribution in [0.1, 0.15) is 16.7 Å². The minimum Gasteiger partial charge on any atom is -0.489 e. The maximum atomic E-state index is 12.7. The van der Waals surface area contributed by atoms with Crippen molar-refractivity contribution < 1.29 is 23.8 Å². The number of carbonyl (C=O) groups is 2. The summed E-state index contributed by atoms with van der Waals surface area (Å²) in [5.74, 6) is 0.694. The van der Waals surface area contributed by atoms with Gasteiger partial charge in [0.2, 0.25) is 0 Å². The molecule has 0 bridgehead atoms. The second kappa shape index (κ2) is 7.29. The van der Waals surface area contributed by atoms with Gasteiger partial charge >= 0.3 is 11.9 Å². The maximum absolute atomic E-state index is 12.7. The Bertz CT molecular complexity index is 1380. The number of carbonyl (C=O) groups excluding carboxylic acids is 2. The Hall–Kier alpha value is -4.12. The zero-order chi connectivity index (χ0) is 21.5. The van der Waals surface area contributed by atoms with Gasteiger partial charge in [0.05, 0.1) is 11.1 Å². The quantitative estimate of drug-likeness (QED) is 0.368. The van der Waals surface area contributed by atoms with E-state index >= 15 is 0 Å². The van der Waals surface area contributed by atoms with Gasteiger partial charge in [-0.3, -0.25) is 0 Å². The van der Waals surface area contributed by atoms with Crippen LogP contribution in [0.25, 0.3) is 11.1 Å². The minimum absolute atomic E-state index is 0.402. The summed E-state index contributed by atoms with van der Waals surface area (Å²) in [6, 6.07) is 18.2. The van der Waals surface area contributed by atoms with Crippen LogP contribution in [-0.2, 0) is 9.59 Å². The number of esters is 2. The van der Waals surface area contributed by atoms with Crippen molar-refractivity contribution >= 4 is 23.1 Å². The van der Waals surface area contributed by atoms with Crippen LogP contribution >= 0.6 is 0 Å². The molecule has 0 saturated heterocycles. The Morgan fingerprint density at radius 2 is 1.45 bits per heavy atom. The van der Waals surface area contributed by atoms with Crippen molar-refractivity contribution in [1.29, 1.82) is 0 Å². The van der Waals surface area contributed by atoms with Crippen LogP contribution in [0.3, 0.4) is 0 Å². The molecule has 2 aliphatic heterocycles. The highest BCUT2D eigenvalue weighted by Crippen LogP contribution is 2.29. The molecule has 0 atom stereocenters. The highest BCUT2D eigenvalue weighted by Gasteiger charge is 2.30. The fourth-order valence-corrected chi connectivity index (χ4v) is 3.91. The van der Waals surface area contributed by atoms with Gasteiger partial charge in [0.25, 0.3) is 0 Å². The summed E-state index contributed by atoms with van der Waals surface area (Å²) in [7, 11) is 0. The average molecular weight is 410 g/mol. The third-order valence-corrected chi connectivity index (χ3v) is 5.32. The van der Waals surface area contributed by atoms with Gasteiger partial charge in [-0.25, -0.2) is 9.59 Å². The molecular weight excluding hydrogens is 392 g/mol. The van der Waals surface area contributed by atoms with E-state index in [9.17, 15) is 9.59 Å². The van der Waals surface area contributed by atoms with Crippen molar-refractivity contribution in [3.63, 3.8) is 0 Å². The van der Waals surface area contributed by atoms with E-state index in [1.807, 2.05) is 55.5 Å². The number of rotatable bonds is 5. The van der Waals surface area contributed by atoms with Crippen LogP contribution in [0.4, 0.5) is 0 Å². The Balaban J connectivity index is 1.68. The fourth-order valence-electron chi connectivity index (χ4n) is 3.91. The molecule has 5 heteroatoms. The molecule has 5 nitrogen and oxygen atoms in total. The summed E-state index contributed by atoms with van der Waals surface area (Å²) in [5, 5.41) is 1.22. The Morgan fingerprint density at radius 1 is 0.839 bits per heavy atom.